The van der Waals surface area contributed by atoms with E-state index >= 15 is 0 Å². The molecule has 1 aliphatic heterocycles. The first kappa shape index (κ1) is 25.6. The normalized spacial score (nSPS) is 20.1. The predicted octanol–water partition coefficient (Wildman–Crippen LogP) is 5.29. The number of carbonyl (C=O) groups is 2. The summed E-state index contributed by atoms with van der Waals surface area (Å²) in [5.41, 5.74) is 9.21. The number of nitrogens with zero attached hydrogens (tertiary/aromatic N) is 5. The Morgan fingerprint density at radius 2 is 1.62 bits per heavy atom. The Bertz CT molecular complexity index is 1560. The van der Waals surface area contributed by atoms with E-state index in [9.17, 15) is 9.59 Å². The SMILES string of the molecule is CC(C)(C)OC(=O)N1CC2CC1C(n1nc(-c3ccc(NC(=O)Nc4ccccc4)cc3)c3c(N)ncnc31)C2. The molecule has 0 radical (unpaired) electrons. The summed E-state index contributed by atoms with van der Waals surface area (Å²) in [6, 6.07) is 16.2. The molecule has 1 aliphatic carbocycles. The molecule has 2 bridgehead atoms. The van der Waals surface area contributed by atoms with Gasteiger partial charge in [-0.25, -0.2) is 24.2 Å². The van der Waals surface area contributed by atoms with E-state index in [1.165, 1.54) is 6.33 Å². The van der Waals surface area contributed by atoms with E-state index in [0.717, 1.165) is 18.4 Å². The van der Waals surface area contributed by atoms with Gasteiger partial charge < -0.3 is 26.0 Å². The number of piperidine rings is 1. The number of nitrogens with two attached hydrogens (primary N) is 1. The third-order valence-electron chi connectivity index (χ3n) is 7.36. The monoisotopic (exact) mass is 540 g/mol. The number of fused-ring (bicyclic) bond motifs is 3. The number of ether oxygens (including phenoxy) is 1. The number of benzene rings is 2. The lowest BCUT2D eigenvalue weighted by molar-refractivity contribution is 0.0135. The molecule has 2 aliphatic rings. The minimum Gasteiger partial charge on any atom is -0.444 e. The summed E-state index contributed by atoms with van der Waals surface area (Å²) in [6.07, 6.45) is 2.93. The third kappa shape index (κ3) is 4.90. The van der Waals surface area contributed by atoms with Gasteiger partial charge in [0.2, 0.25) is 0 Å². The van der Waals surface area contributed by atoms with E-state index in [-0.39, 0.29) is 24.2 Å². The molecule has 2 aromatic heterocycles. The molecule has 3 heterocycles. The topological polar surface area (TPSA) is 140 Å². The van der Waals surface area contributed by atoms with Crippen LogP contribution < -0.4 is 16.4 Å². The van der Waals surface area contributed by atoms with Crippen molar-refractivity contribution in [3.8, 4) is 11.3 Å². The van der Waals surface area contributed by atoms with Crippen molar-refractivity contribution in [1.29, 1.82) is 0 Å². The number of carbonyl (C=O) groups excluding carboxylic acids is 2. The Morgan fingerprint density at radius 1 is 0.950 bits per heavy atom. The molecule has 11 nitrogen and oxygen atoms in total. The summed E-state index contributed by atoms with van der Waals surface area (Å²) in [5, 5.41) is 11.3. The predicted molar refractivity (Wildman–Crippen MR) is 153 cm³/mol. The summed E-state index contributed by atoms with van der Waals surface area (Å²) in [4.78, 5) is 36.0. The summed E-state index contributed by atoms with van der Waals surface area (Å²) < 4.78 is 7.59. The van der Waals surface area contributed by atoms with Crippen LogP contribution in [0.1, 0.15) is 39.7 Å². The number of nitrogen functional groups attached to an aromatic ring is 1. The van der Waals surface area contributed by atoms with Crippen LogP contribution in [-0.2, 0) is 4.74 Å². The molecule has 2 aromatic carbocycles. The number of aromatic nitrogens is 4. The molecule has 1 saturated carbocycles. The molecule has 4 aromatic rings. The van der Waals surface area contributed by atoms with Crippen LogP contribution in [0.15, 0.2) is 60.9 Å². The standard InChI is InChI=1S/C29H32N8O3/c1-29(2,3)40-28(39)36-15-17-13-21(36)22(14-17)37-26-23(25(30)31-16-32-26)24(35-37)18-9-11-20(12-10-18)34-27(38)33-19-7-5-4-6-8-19/h4-12,16-17,21-22H,13-15H2,1-3H3,(H2,30,31,32)(H2,33,34,38). The smallest absolute Gasteiger partial charge is 0.410 e. The molecule has 3 atom stereocenters. The zero-order chi connectivity index (χ0) is 28.0. The quantitative estimate of drug-likeness (QED) is 0.319. The number of amides is 3. The van der Waals surface area contributed by atoms with Crippen LogP contribution in [0.25, 0.3) is 22.3 Å². The second-order valence-corrected chi connectivity index (χ2v) is 11.4. The number of likely N-dealkylation sites (tertiary alicyclic amines) is 1. The van der Waals surface area contributed by atoms with E-state index < -0.39 is 5.60 Å². The van der Waals surface area contributed by atoms with Gasteiger partial charge in [-0.05, 0) is 63.8 Å². The molecule has 206 valence electrons. The average Bonchev–Trinajstić information content (AvgIpc) is 3.62. The van der Waals surface area contributed by atoms with Gasteiger partial charge in [0.15, 0.2) is 5.65 Å². The van der Waals surface area contributed by atoms with Crippen LogP contribution in [0, 0.1) is 5.92 Å². The van der Waals surface area contributed by atoms with Crippen molar-refractivity contribution in [1.82, 2.24) is 24.6 Å². The maximum atomic E-state index is 13.0. The maximum absolute atomic E-state index is 13.0. The zero-order valence-corrected chi connectivity index (χ0v) is 22.7. The van der Waals surface area contributed by atoms with Gasteiger partial charge in [0.25, 0.3) is 0 Å². The summed E-state index contributed by atoms with van der Waals surface area (Å²) in [5.74, 6) is 0.708. The molecule has 3 unspecified atom stereocenters. The van der Waals surface area contributed by atoms with Crippen LogP contribution in [0.4, 0.5) is 26.8 Å². The van der Waals surface area contributed by atoms with Crippen LogP contribution >= 0.6 is 0 Å². The molecule has 40 heavy (non-hydrogen) atoms. The number of hydrogen-bond acceptors (Lipinski definition) is 7. The third-order valence-corrected chi connectivity index (χ3v) is 7.36. The van der Waals surface area contributed by atoms with Crippen molar-refractivity contribution in [3.05, 3.63) is 60.9 Å². The Balaban J connectivity index is 1.27. The first-order valence-corrected chi connectivity index (χ1v) is 13.4. The van der Waals surface area contributed by atoms with E-state index in [4.69, 9.17) is 15.6 Å². The van der Waals surface area contributed by atoms with Crippen LogP contribution in [0.5, 0.6) is 0 Å². The van der Waals surface area contributed by atoms with Crippen molar-refractivity contribution >= 4 is 40.4 Å². The fourth-order valence-corrected chi connectivity index (χ4v) is 5.74. The highest BCUT2D eigenvalue weighted by atomic mass is 16.6. The number of anilines is 3. The van der Waals surface area contributed by atoms with Gasteiger partial charge in [0.05, 0.1) is 17.5 Å². The van der Waals surface area contributed by atoms with Gasteiger partial charge in [-0.3, -0.25) is 0 Å². The lowest BCUT2D eigenvalue weighted by atomic mass is 10.1. The van der Waals surface area contributed by atoms with Crippen molar-refractivity contribution < 1.29 is 14.3 Å². The summed E-state index contributed by atoms with van der Waals surface area (Å²) >= 11 is 0. The van der Waals surface area contributed by atoms with Gasteiger partial charge in [-0.2, -0.15) is 5.10 Å². The highest BCUT2D eigenvalue weighted by molar-refractivity contribution is 6.01. The zero-order valence-electron chi connectivity index (χ0n) is 22.7. The molecule has 6 rings (SSSR count). The molecule has 4 N–H and O–H groups in total. The van der Waals surface area contributed by atoms with E-state index in [0.29, 0.717) is 46.4 Å². The van der Waals surface area contributed by atoms with Gasteiger partial charge >= 0.3 is 12.1 Å². The maximum Gasteiger partial charge on any atom is 0.410 e. The fourth-order valence-electron chi connectivity index (χ4n) is 5.74. The van der Waals surface area contributed by atoms with Crippen molar-refractivity contribution in [2.24, 2.45) is 5.92 Å². The van der Waals surface area contributed by atoms with Gasteiger partial charge in [-0.15, -0.1) is 0 Å². The number of rotatable bonds is 4. The van der Waals surface area contributed by atoms with E-state index in [1.807, 2.05) is 85.0 Å². The van der Waals surface area contributed by atoms with Crippen LogP contribution in [-0.4, -0.2) is 55.0 Å². The highest BCUT2D eigenvalue weighted by Crippen LogP contribution is 2.46. The van der Waals surface area contributed by atoms with Gasteiger partial charge in [0, 0.05) is 23.5 Å². The fraction of sp³-hybridized carbons (Fsp3) is 0.345. The first-order valence-electron chi connectivity index (χ1n) is 13.4. The Morgan fingerprint density at radius 3 is 2.30 bits per heavy atom. The number of hydrogen-bond donors (Lipinski definition) is 3. The van der Waals surface area contributed by atoms with Crippen LogP contribution in [0.2, 0.25) is 0 Å². The summed E-state index contributed by atoms with van der Waals surface area (Å²) in [6.45, 7) is 6.31. The lowest BCUT2D eigenvalue weighted by Crippen LogP contribution is -2.45. The molecular weight excluding hydrogens is 508 g/mol. The Kier molecular flexibility index (Phi) is 6.28. The number of para-hydroxylation sites is 1. The van der Waals surface area contributed by atoms with Crippen molar-refractivity contribution in [2.75, 3.05) is 22.9 Å². The molecule has 0 spiro atoms. The first-order chi connectivity index (χ1) is 19.2. The number of nitrogens with one attached hydrogen (secondary N) is 2. The molecular formula is C29H32N8O3. The summed E-state index contributed by atoms with van der Waals surface area (Å²) in [7, 11) is 0. The molecule has 3 amide bonds. The second-order valence-electron chi connectivity index (χ2n) is 11.4. The highest BCUT2D eigenvalue weighted by Gasteiger charge is 2.49. The second kappa shape index (κ2) is 9.82. The largest absolute Gasteiger partial charge is 0.444 e. The van der Waals surface area contributed by atoms with E-state index in [1.54, 1.807) is 0 Å². The molecule has 11 heteroatoms. The van der Waals surface area contributed by atoms with Crippen molar-refractivity contribution in [3.63, 3.8) is 0 Å². The lowest BCUT2D eigenvalue weighted by Gasteiger charge is -2.34. The average molecular weight is 541 g/mol. The minimum absolute atomic E-state index is 0.0401. The van der Waals surface area contributed by atoms with E-state index in [2.05, 4.69) is 20.6 Å². The minimum atomic E-state index is -0.565. The Labute approximate surface area is 231 Å². The van der Waals surface area contributed by atoms with Gasteiger partial charge in [-0.1, -0.05) is 30.3 Å². The van der Waals surface area contributed by atoms with Gasteiger partial charge in [0.1, 0.15) is 23.4 Å². The molecule has 1 saturated heterocycles. The molecule has 2 fully saturated rings. The Hall–Kier alpha value is -4.67. The number of urea groups is 1. The van der Waals surface area contributed by atoms with Crippen LogP contribution in [0.3, 0.4) is 0 Å². The van der Waals surface area contributed by atoms with Crippen molar-refractivity contribution in [2.45, 2.75) is 51.3 Å².